The molecule has 0 aromatic carbocycles. The highest BCUT2D eigenvalue weighted by atomic mass is 127. The number of hydrogen-bond donors (Lipinski definition) is 2. The maximum Gasteiger partial charge on any atom is 0.246 e. The lowest BCUT2D eigenvalue weighted by atomic mass is 9.82. The van der Waals surface area contributed by atoms with Gasteiger partial charge in [0.25, 0.3) is 0 Å². The molecule has 1 saturated heterocycles. The van der Waals surface area contributed by atoms with Crippen LogP contribution >= 0.6 is 24.0 Å². The molecule has 6 nitrogen and oxygen atoms in total. The number of nitrogens with one attached hydrogen (secondary N) is 2. The molecule has 1 aliphatic heterocycles. The molecule has 7 heteroatoms. The van der Waals surface area contributed by atoms with Gasteiger partial charge in [0.2, 0.25) is 5.91 Å². The summed E-state index contributed by atoms with van der Waals surface area (Å²) in [5.41, 5.74) is 0.704. The van der Waals surface area contributed by atoms with Crippen molar-refractivity contribution < 1.29 is 4.79 Å². The molecular weight excluding hydrogens is 429 g/mol. The van der Waals surface area contributed by atoms with E-state index in [0.29, 0.717) is 5.69 Å². The zero-order chi connectivity index (χ0) is 16.8. The van der Waals surface area contributed by atoms with Crippen molar-refractivity contribution in [2.75, 3.05) is 31.5 Å². The van der Waals surface area contributed by atoms with E-state index in [0.717, 1.165) is 37.4 Å². The van der Waals surface area contributed by atoms with E-state index in [-0.39, 0.29) is 36.4 Å². The highest BCUT2D eigenvalue weighted by Gasteiger charge is 2.35. The van der Waals surface area contributed by atoms with Crippen LogP contribution in [0.15, 0.2) is 29.5 Å². The Morgan fingerprint density at radius 1 is 1.32 bits per heavy atom. The average molecular weight is 457 g/mol. The first-order valence-electron chi connectivity index (χ1n) is 8.99. The zero-order valence-corrected chi connectivity index (χ0v) is 17.1. The molecule has 2 fully saturated rings. The second kappa shape index (κ2) is 9.94. The van der Waals surface area contributed by atoms with Crippen molar-refractivity contribution in [3.05, 3.63) is 24.5 Å². The summed E-state index contributed by atoms with van der Waals surface area (Å²) in [6.45, 7) is 5.15. The minimum atomic E-state index is -0.116. The molecular formula is C18H28IN5O. The van der Waals surface area contributed by atoms with E-state index in [1.807, 2.05) is 6.07 Å². The molecule has 3 rings (SSSR count). The molecule has 1 amide bonds. The van der Waals surface area contributed by atoms with Crippen LogP contribution in [0, 0.1) is 11.8 Å². The smallest absolute Gasteiger partial charge is 0.246 e. The normalized spacial score (nSPS) is 22.8. The van der Waals surface area contributed by atoms with Gasteiger partial charge in [0.1, 0.15) is 6.54 Å². The highest BCUT2D eigenvalue weighted by Crippen LogP contribution is 2.35. The van der Waals surface area contributed by atoms with Crippen LogP contribution in [0.4, 0.5) is 5.69 Å². The molecule has 2 heterocycles. The lowest BCUT2D eigenvalue weighted by Gasteiger charge is -2.22. The van der Waals surface area contributed by atoms with E-state index in [1.165, 1.54) is 25.7 Å². The fourth-order valence-corrected chi connectivity index (χ4v) is 3.79. The number of hydrogen-bond acceptors (Lipinski definition) is 3. The summed E-state index contributed by atoms with van der Waals surface area (Å²) >= 11 is 0. The number of aromatic nitrogens is 1. The van der Waals surface area contributed by atoms with Crippen molar-refractivity contribution in [3.8, 4) is 0 Å². The lowest BCUT2D eigenvalue weighted by Crippen LogP contribution is -2.40. The maximum absolute atomic E-state index is 12.1. The number of aliphatic imine (C=N–C) groups is 1. The van der Waals surface area contributed by atoms with Gasteiger partial charge in [-0.1, -0.05) is 12.8 Å². The molecule has 0 spiro atoms. The van der Waals surface area contributed by atoms with Crippen molar-refractivity contribution in [2.45, 2.75) is 32.6 Å². The molecule has 1 aromatic heterocycles. The molecule has 1 aliphatic carbocycles. The Morgan fingerprint density at radius 2 is 2.04 bits per heavy atom. The number of fused-ring (bicyclic) bond motifs is 1. The molecule has 2 aliphatic rings. The van der Waals surface area contributed by atoms with Gasteiger partial charge in [-0.25, -0.2) is 4.99 Å². The molecule has 2 atom stereocenters. The van der Waals surface area contributed by atoms with Gasteiger partial charge in [0.05, 0.1) is 11.9 Å². The predicted octanol–water partition coefficient (Wildman–Crippen LogP) is 2.73. The van der Waals surface area contributed by atoms with E-state index in [4.69, 9.17) is 0 Å². The molecule has 0 radical (unpaired) electrons. The second-order valence-electron chi connectivity index (χ2n) is 6.67. The Balaban J connectivity index is 0.00000225. The first-order chi connectivity index (χ1) is 11.8. The molecule has 1 saturated carbocycles. The van der Waals surface area contributed by atoms with Gasteiger partial charge >= 0.3 is 0 Å². The summed E-state index contributed by atoms with van der Waals surface area (Å²) < 4.78 is 0. The van der Waals surface area contributed by atoms with Crippen molar-refractivity contribution in [1.82, 2.24) is 15.2 Å². The Labute approximate surface area is 166 Å². The first-order valence-corrected chi connectivity index (χ1v) is 8.99. The zero-order valence-electron chi connectivity index (χ0n) is 14.8. The van der Waals surface area contributed by atoms with Crippen LogP contribution < -0.4 is 10.6 Å². The standard InChI is InChI=1S/C18H27N5O.HI/c1-2-20-18(23-12-14-6-3-4-7-15(14)13-23)21-11-17(24)22-16-8-5-9-19-10-16;/h5,8-10,14-15H,2-4,6-7,11-13H2,1H3,(H,20,21)(H,22,24);1H. The predicted molar refractivity (Wildman–Crippen MR) is 111 cm³/mol. The van der Waals surface area contributed by atoms with Gasteiger partial charge in [0.15, 0.2) is 5.96 Å². The Kier molecular flexibility index (Phi) is 7.92. The van der Waals surface area contributed by atoms with Gasteiger partial charge in [-0.3, -0.25) is 9.78 Å². The Morgan fingerprint density at radius 3 is 2.64 bits per heavy atom. The lowest BCUT2D eigenvalue weighted by molar-refractivity contribution is -0.114. The maximum atomic E-state index is 12.1. The molecule has 2 unspecified atom stereocenters. The fraction of sp³-hybridized carbons (Fsp3) is 0.611. The van der Waals surface area contributed by atoms with Crippen molar-refractivity contribution in [1.29, 1.82) is 0 Å². The summed E-state index contributed by atoms with van der Waals surface area (Å²) in [5, 5.41) is 6.16. The SMILES string of the molecule is CCNC(=NCC(=O)Nc1cccnc1)N1CC2CCCCC2C1.I. The Bertz CT molecular complexity index is 566. The van der Waals surface area contributed by atoms with Gasteiger partial charge < -0.3 is 15.5 Å². The largest absolute Gasteiger partial charge is 0.357 e. The van der Waals surface area contributed by atoms with Crippen LogP contribution in [0.3, 0.4) is 0 Å². The van der Waals surface area contributed by atoms with E-state index in [2.05, 4.69) is 32.4 Å². The van der Waals surface area contributed by atoms with Gasteiger partial charge in [-0.15, -0.1) is 24.0 Å². The number of rotatable bonds is 4. The van der Waals surface area contributed by atoms with Crippen LogP contribution in [-0.2, 0) is 4.79 Å². The van der Waals surface area contributed by atoms with E-state index in [1.54, 1.807) is 18.5 Å². The van der Waals surface area contributed by atoms with E-state index >= 15 is 0 Å². The summed E-state index contributed by atoms with van der Waals surface area (Å²) in [6.07, 6.45) is 8.71. The third-order valence-electron chi connectivity index (χ3n) is 4.93. The van der Waals surface area contributed by atoms with Crippen LogP contribution in [0.5, 0.6) is 0 Å². The third-order valence-corrected chi connectivity index (χ3v) is 4.93. The number of halogens is 1. The van der Waals surface area contributed by atoms with Gasteiger partial charge in [-0.05, 0) is 43.7 Å². The van der Waals surface area contributed by atoms with Crippen LogP contribution in [-0.4, -0.2) is 47.9 Å². The van der Waals surface area contributed by atoms with E-state index in [9.17, 15) is 4.79 Å². The topological polar surface area (TPSA) is 69.6 Å². The summed E-state index contributed by atoms with van der Waals surface area (Å²) in [7, 11) is 0. The number of guanidine groups is 1. The number of likely N-dealkylation sites (tertiary alicyclic amines) is 1. The first kappa shape index (κ1) is 19.9. The summed E-state index contributed by atoms with van der Waals surface area (Å²) in [5.74, 6) is 2.35. The number of anilines is 1. The molecule has 0 bridgehead atoms. The number of nitrogens with zero attached hydrogens (tertiary/aromatic N) is 3. The van der Waals surface area contributed by atoms with Crippen LogP contribution in [0.2, 0.25) is 0 Å². The highest BCUT2D eigenvalue weighted by molar-refractivity contribution is 14.0. The van der Waals surface area contributed by atoms with Crippen molar-refractivity contribution >= 4 is 41.5 Å². The second-order valence-corrected chi connectivity index (χ2v) is 6.67. The summed E-state index contributed by atoms with van der Waals surface area (Å²) in [4.78, 5) is 23.0. The monoisotopic (exact) mass is 457 g/mol. The number of amides is 1. The van der Waals surface area contributed by atoms with Crippen molar-refractivity contribution in [2.24, 2.45) is 16.8 Å². The minimum absolute atomic E-state index is 0. The number of carbonyl (C=O) groups is 1. The molecule has 25 heavy (non-hydrogen) atoms. The summed E-state index contributed by atoms with van der Waals surface area (Å²) in [6, 6.07) is 3.62. The number of carbonyl (C=O) groups excluding carboxylic acids is 1. The fourth-order valence-electron chi connectivity index (χ4n) is 3.79. The van der Waals surface area contributed by atoms with Gasteiger partial charge in [0, 0.05) is 25.8 Å². The van der Waals surface area contributed by atoms with Crippen LogP contribution in [0.25, 0.3) is 0 Å². The third kappa shape index (κ3) is 5.55. The van der Waals surface area contributed by atoms with Gasteiger partial charge in [-0.2, -0.15) is 0 Å². The molecule has 138 valence electrons. The van der Waals surface area contributed by atoms with Crippen molar-refractivity contribution in [3.63, 3.8) is 0 Å². The van der Waals surface area contributed by atoms with E-state index < -0.39 is 0 Å². The Hall–Kier alpha value is -1.38. The molecule has 2 N–H and O–H groups in total. The average Bonchev–Trinajstić information content (AvgIpc) is 3.03. The quantitative estimate of drug-likeness (QED) is 0.415. The minimum Gasteiger partial charge on any atom is -0.357 e. The molecule has 1 aromatic rings. The van der Waals surface area contributed by atoms with Crippen LogP contribution in [0.1, 0.15) is 32.6 Å². The number of pyridine rings is 1.